The largest absolute Gasteiger partial charge is 0.477 e. The molecule has 0 unspecified atom stereocenters. The highest BCUT2D eigenvalue weighted by Gasteiger charge is 2.13. The van der Waals surface area contributed by atoms with Gasteiger partial charge in [-0.3, -0.25) is 4.68 Å². The van der Waals surface area contributed by atoms with Crippen LogP contribution in [0.2, 0.25) is 0 Å². The molecule has 2 aromatic heterocycles. The Morgan fingerprint density at radius 2 is 2.47 bits per heavy atom. The van der Waals surface area contributed by atoms with Crippen LogP contribution in [0.5, 0.6) is 0 Å². The number of hydrogen-bond donors (Lipinski definition) is 1. The van der Waals surface area contributed by atoms with E-state index in [1.807, 2.05) is 0 Å². The van der Waals surface area contributed by atoms with Gasteiger partial charge in [0, 0.05) is 0 Å². The van der Waals surface area contributed by atoms with Gasteiger partial charge in [0.2, 0.25) is 0 Å². The maximum absolute atomic E-state index is 10.9. The van der Waals surface area contributed by atoms with Gasteiger partial charge in [-0.1, -0.05) is 0 Å². The molecule has 0 aromatic carbocycles. The lowest BCUT2D eigenvalue weighted by Crippen LogP contribution is -2.10. The highest BCUT2D eigenvalue weighted by atomic mass is 16.4. The van der Waals surface area contributed by atoms with Gasteiger partial charge >= 0.3 is 5.97 Å². The molecule has 0 atom stereocenters. The number of aromatic carboxylic acids is 1. The highest BCUT2D eigenvalue weighted by Crippen LogP contribution is 2.08. The Bertz CT molecular complexity index is 471. The minimum absolute atomic E-state index is 0.170. The number of hydrogen-bond acceptors (Lipinski definition) is 3. The summed E-state index contributed by atoms with van der Waals surface area (Å²) in [5, 5.41) is 13.0. The molecule has 0 bridgehead atoms. The van der Waals surface area contributed by atoms with Crippen LogP contribution in [-0.4, -0.2) is 20.9 Å². The maximum atomic E-state index is 10.9. The standard InChI is InChI=1S/C10H10N2O3/c1-7-5-9(10(13)14)12(11-7)6-8-3-2-4-15-8/h2-5H,6H2,1H3,(H,13,14). The Balaban J connectivity index is 2.31. The van der Waals surface area contributed by atoms with Crippen molar-refractivity contribution in [3.8, 4) is 0 Å². The second kappa shape index (κ2) is 3.61. The van der Waals surface area contributed by atoms with Crippen molar-refractivity contribution >= 4 is 5.97 Å². The normalized spacial score (nSPS) is 10.5. The fourth-order valence-corrected chi connectivity index (χ4v) is 1.39. The summed E-state index contributed by atoms with van der Waals surface area (Å²) < 4.78 is 6.54. The average Bonchev–Trinajstić information content (AvgIpc) is 2.75. The molecule has 0 saturated carbocycles. The third-order valence-electron chi connectivity index (χ3n) is 2.01. The number of carbonyl (C=O) groups is 1. The van der Waals surface area contributed by atoms with E-state index < -0.39 is 5.97 Å². The number of carboxylic acids is 1. The smallest absolute Gasteiger partial charge is 0.354 e. The molecule has 78 valence electrons. The SMILES string of the molecule is Cc1cc(C(=O)O)n(Cc2ccco2)n1. The van der Waals surface area contributed by atoms with E-state index in [1.54, 1.807) is 25.3 Å². The molecule has 0 aliphatic heterocycles. The van der Waals surface area contributed by atoms with E-state index in [-0.39, 0.29) is 5.69 Å². The molecule has 1 N–H and O–H groups in total. The zero-order chi connectivity index (χ0) is 10.8. The van der Waals surface area contributed by atoms with Gasteiger partial charge in [0.25, 0.3) is 0 Å². The van der Waals surface area contributed by atoms with Gasteiger partial charge in [0.15, 0.2) is 0 Å². The van der Waals surface area contributed by atoms with Crippen molar-refractivity contribution < 1.29 is 14.3 Å². The molecular formula is C10H10N2O3. The van der Waals surface area contributed by atoms with Crippen LogP contribution in [0.25, 0.3) is 0 Å². The minimum Gasteiger partial charge on any atom is -0.477 e. The fraction of sp³-hybridized carbons (Fsp3) is 0.200. The van der Waals surface area contributed by atoms with Crippen molar-refractivity contribution in [2.45, 2.75) is 13.5 Å². The van der Waals surface area contributed by atoms with E-state index >= 15 is 0 Å². The number of furan rings is 1. The topological polar surface area (TPSA) is 68.3 Å². The lowest BCUT2D eigenvalue weighted by atomic mass is 10.3. The molecule has 2 rings (SSSR count). The Hall–Kier alpha value is -2.04. The second-order valence-corrected chi connectivity index (χ2v) is 3.21. The third-order valence-corrected chi connectivity index (χ3v) is 2.01. The Morgan fingerprint density at radius 1 is 1.67 bits per heavy atom. The molecule has 15 heavy (non-hydrogen) atoms. The first-order valence-electron chi connectivity index (χ1n) is 4.47. The first-order valence-corrected chi connectivity index (χ1v) is 4.47. The molecule has 0 spiro atoms. The van der Waals surface area contributed by atoms with E-state index in [1.165, 1.54) is 10.7 Å². The summed E-state index contributed by atoms with van der Waals surface area (Å²) >= 11 is 0. The summed E-state index contributed by atoms with van der Waals surface area (Å²) in [4.78, 5) is 10.9. The van der Waals surface area contributed by atoms with Crippen molar-refractivity contribution in [3.63, 3.8) is 0 Å². The van der Waals surface area contributed by atoms with E-state index in [2.05, 4.69) is 5.10 Å². The minimum atomic E-state index is -0.984. The molecule has 0 saturated heterocycles. The molecule has 2 aromatic rings. The predicted octanol–water partition coefficient (Wildman–Crippen LogP) is 1.53. The van der Waals surface area contributed by atoms with Gasteiger partial charge in [-0.25, -0.2) is 4.79 Å². The van der Waals surface area contributed by atoms with Crippen molar-refractivity contribution in [3.05, 3.63) is 41.6 Å². The van der Waals surface area contributed by atoms with Crippen molar-refractivity contribution in [2.24, 2.45) is 0 Å². The van der Waals surface area contributed by atoms with E-state index in [0.717, 1.165) is 0 Å². The third kappa shape index (κ3) is 1.90. The Labute approximate surface area is 85.9 Å². The van der Waals surface area contributed by atoms with Crippen LogP contribution >= 0.6 is 0 Å². The number of rotatable bonds is 3. The van der Waals surface area contributed by atoms with Gasteiger partial charge in [0.1, 0.15) is 11.5 Å². The first kappa shape index (κ1) is 9.51. The number of aryl methyl sites for hydroxylation is 1. The van der Waals surface area contributed by atoms with Crippen LogP contribution in [-0.2, 0) is 6.54 Å². The fourth-order valence-electron chi connectivity index (χ4n) is 1.39. The first-order chi connectivity index (χ1) is 7.16. The van der Waals surface area contributed by atoms with E-state index in [0.29, 0.717) is 18.0 Å². The number of aromatic nitrogens is 2. The molecular weight excluding hydrogens is 196 g/mol. The molecule has 5 nitrogen and oxygen atoms in total. The number of nitrogens with zero attached hydrogens (tertiary/aromatic N) is 2. The van der Waals surface area contributed by atoms with Crippen molar-refractivity contribution in [2.75, 3.05) is 0 Å². The summed E-state index contributed by atoms with van der Waals surface area (Å²) in [6.07, 6.45) is 1.55. The average molecular weight is 206 g/mol. The van der Waals surface area contributed by atoms with Gasteiger partial charge in [-0.2, -0.15) is 5.10 Å². The number of carboxylic acid groups (broad SMARTS) is 1. The monoisotopic (exact) mass is 206 g/mol. The van der Waals surface area contributed by atoms with Gasteiger partial charge in [-0.15, -0.1) is 0 Å². The molecule has 0 radical (unpaired) electrons. The highest BCUT2D eigenvalue weighted by molar-refractivity contribution is 5.85. The molecule has 5 heteroatoms. The molecule has 2 heterocycles. The van der Waals surface area contributed by atoms with E-state index in [4.69, 9.17) is 9.52 Å². The lowest BCUT2D eigenvalue weighted by molar-refractivity contribution is 0.0683. The summed E-state index contributed by atoms with van der Waals surface area (Å²) in [6.45, 7) is 2.09. The predicted molar refractivity (Wildman–Crippen MR) is 51.7 cm³/mol. The van der Waals surface area contributed by atoms with Gasteiger partial charge in [-0.05, 0) is 25.1 Å². The maximum Gasteiger partial charge on any atom is 0.354 e. The van der Waals surface area contributed by atoms with Crippen LogP contribution in [0.15, 0.2) is 28.9 Å². The van der Waals surface area contributed by atoms with Crippen LogP contribution in [0.1, 0.15) is 21.9 Å². The summed E-state index contributed by atoms with van der Waals surface area (Å²) in [5.41, 5.74) is 0.850. The van der Waals surface area contributed by atoms with Crippen molar-refractivity contribution in [1.82, 2.24) is 9.78 Å². The summed E-state index contributed by atoms with van der Waals surface area (Å²) in [6, 6.07) is 5.07. The second-order valence-electron chi connectivity index (χ2n) is 3.21. The summed E-state index contributed by atoms with van der Waals surface area (Å²) in [5.74, 6) is -0.303. The van der Waals surface area contributed by atoms with Gasteiger partial charge in [0.05, 0.1) is 18.5 Å². The molecule has 0 aliphatic rings. The lowest BCUT2D eigenvalue weighted by Gasteiger charge is -2.00. The van der Waals surface area contributed by atoms with Crippen molar-refractivity contribution in [1.29, 1.82) is 0 Å². The quantitative estimate of drug-likeness (QED) is 0.826. The van der Waals surface area contributed by atoms with Crippen LogP contribution in [0.3, 0.4) is 0 Å². The Kier molecular flexibility index (Phi) is 2.29. The zero-order valence-electron chi connectivity index (χ0n) is 8.17. The van der Waals surface area contributed by atoms with Crippen LogP contribution in [0.4, 0.5) is 0 Å². The van der Waals surface area contributed by atoms with Crippen LogP contribution in [0, 0.1) is 6.92 Å². The summed E-state index contributed by atoms with van der Waals surface area (Å²) in [7, 11) is 0. The molecule has 0 amide bonds. The molecule has 0 fully saturated rings. The Morgan fingerprint density at radius 3 is 3.07 bits per heavy atom. The van der Waals surface area contributed by atoms with Crippen LogP contribution < -0.4 is 0 Å². The van der Waals surface area contributed by atoms with E-state index in [9.17, 15) is 4.79 Å². The molecule has 0 aliphatic carbocycles. The van der Waals surface area contributed by atoms with Gasteiger partial charge < -0.3 is 9.52 Å². The zero-order valence-corrected chi connectivity index (χ0v) is 8.17.